The van der Waals surface area contributed by atoms with Gasteiger partial charge in [0.05, 0.1) is 12.7 Å². The van der Waals surface area contributed by atoms with Crippen molar-refractivity contribution in [3.63, 3.8) is 0 Å². The van der Waals surface area contributed by atoms with E-state index in [-0.39, 0.29) is 24.6 Å². The molecular formula is C20H30O4. The summed E-state index contributed by atoms with van der Waals surface area (Å²) in [6.45, 7) is 6.97. The Hall–Kier alpha value is -0.940. The van der Waals surface area contributed by atoms with E-state index in [0.29, 0.717) is 6.61 Å². The number of fused-ring (bicyclic) bond motifs is 1. The molecule has 0 aromatic heterocycles. The molecule has 3 rings (SSSR count). The molecule has 134 valence electrons. The van der Waals surface area contributed by atoms with Crippen molar-refractivity contribution in [1.82, 2.24) is 0 Å². The van der Waals surface area contributed by atoms with Gasteiger partial charge in [0.15, 0.2) is 12.1 Å². The minimum Gasteiger partial charge on any atom is -0.368 e. The topological polar surface area (TPSA) is 36.9 Å². The molecule has 2 saturated heterocycles. The zero-order valence-corrected chi connectivity index (χ0v) is 15.1. The minimum absolute atomic E-state index is 0.0190. The summed E-state index contributed by atoms with van der Waals surface area (Å²) in [7, 11) is 0. The lowest BCUT2D eigenvalue weighted by atomic mass is 10.0. The Kier molecular flexibility index (Phi) is 5.93. The summed E-state index contributed by atoms with van der Waals surface area (Å²) in [4.78, 5) is 0. The lowest BCUT2D eigenvalue weighted by molar-refractivity contribution is -0.241. The highest BCUT2D eigenvalue weighted by Gasteiger charge is 2.56. The van der Waals surface area contributed by atoms with E-state index in [1.54, 1.807) is 0 Å². The molecule has 0 amide bonds. The van der Waals surface area contributed by atoms with E-state index in [9.17, 15) is 0 Å². The van der Waals surface area contributed by atoms with Gasteiger partial charge in [0.1, 0.15) is 12.2 Å². The molecule has 4 nitrogen and oxygen atoms in total. The van der Waals surface area contributed by atoms with Crippen LogP contribution in [0.4, 0.5) is 0 Å². The van der Waals surface area contributed by atoms with Gasteiger partial charge in [-0.15, -0.1) is 0 Å². The smallest absolute Gasteiger partial charge is 0.190 e. The van der Waals surface area contributed by atoms with E-state index in [2.05, 4.69) is 26.0 Å². The lowest BCUT2D eigenvalue weighted by Gasteiger charge is -2.30. The van der Waals surface area contributed by atoms with Gasteiger partial charge in [0.25, 0.3) is 0 Å². The van der Waals surface area contributed by atoms with Crippen LogP contribution in [0.2, 0.25) is 0 Å². The largest absolute Gasteiger partial charge is 0.368 e. The molecule has 0 bridgehead atoms. The fourth-order valence-corrected chi connectivity index (χ4v) is 3.68. The molecule has 0 N–H and O–H groups in total. The molecule has 1 unspecified atom stereocenters. The van der Waals surface area contributed by atoms with Gasteiger partial charge >= 0.3 is 0 Å². The summed E-state index contributed by atoms with van der Waals surface area (Å²) in [6, 6.07) is 10.2. The maximum atomic E-state index is 6.41. The second kappa shape index (κ2) is 7.96. The van der Waals surface area contributed by atoms with Gasteiger partial charge < -0.3 is 18.9 Å². The van der Waals surface area contributed by atoms with E-state index in [1.165, 1.54) is 0 Å². The normalized spacial score (nSPS) is 35.3. The molecule has 0 spiro atoms. The van der Waals surface area contributed by atoms with Gasteiger partial charge in [-0.2, -0.15) is 0 Å². The molecular weight excluding hydrogens is 304 g/mol. The average Bonchev–Trinajstić information content (AvgIpc) is 3.06. The number of unbranched alkanes of at least 4 members (excludes halogenated alkanes) is 1. The molecule has 2 aliphatic heterocycles. The molecule has 2 heterocycles. The van der Waals surface area contributed by atoms with Gasteiger partial charge in [-0.25, -0.2) is 0 Å². The minimum atomic E-state index is -0.491. The maximum absolute atomic E-state index is 6.41. The predicted octanol–water partition coefficient (Wildman–Crippen LogP) is 4.42. The second-order valence-corrected chi connectivity index (χ2v) is 6.94. The van der Waals surface area contributed by atoms with E-state index >= 15 is 0 Å². The Morgan fingerprint density at radius 2 is 1.83 bits per heavy atom. The molecule has 5 atom stereocenters. The van der Waals surface area contributed by atoms with Gasteiger partial charge in [-0.3, -0.25) is 0 Å². The van der Waals surface area contributed by atoms with Crippen LogP contribution in [-0.2, 0) is 25.6 Å². The van der Waals surface area contributed by atoms with E-state index in [0.717, 1.165) is 37.7 Å². The van der Waals surface area contributed by atoms with Crippen molar-refractivity contribution < 1.29 is 18.9 Å². The Morgan fingerprint density at radius 1 is 1.04 bits per heavy atom. The second-order valence-electron chi connectivity index (χ2n) is 6.94. The van der Waals surface area contributed by atoms with Crippen molar-refractivity contribution >= 4 is 0 Å². The number of rotatable bonds is 8. The lowest BCUT2D eigenvalue weighted by Crippen LogP contribution is -2.38. The van der Waals surface area contributed by atoms with Crippen LogP contribution >= 0.6 is 0 Å². The van der Waals surface area contributed by atoms with Crippen molar-refractivity contribution in [2.24, 2.45) is 0 Å². The summed E-state index contributed by atoms with van der Waals surface area (Å²) in [6.07, 6.45) is 4.56. The Labute approximate surface area is 145 Å². The number of ether oxygens (including phenoxy) is 4. The van der Waals surface area contributed by atoms with Crippen molar-refractivity contribution in [1.29, 1.82) is 0 Å². The third-order valence-electron chi connectivity index (χ3n) is 4.91. The zero-order valence-electron chi connectivity index (χ0n) is 15.1. The first kappa shape index (κ1) is 17.9. The fraction of sp³-hybridized carbons (Fsp3) is 0.700. The maximum Gasteiger partial charge on any atom is 0.190 e. The Bertz CT molecular complexity index is 506. The summed E-state index contributed by atoms with van der Waals surface area (Å²) >= 11 is 0. The standard InChI is InChI=1S/C20H30O4/c1-4-6-13-20(12-5-2)23-18-17(15(3)22-19(18)24-20)21-14-16-10-8-7-9-11-16/h7-11,15,17-19H,4-6,12-14H2,1-3H3/t15-,17+,18-,19-,20?/m1/s1. The first-order valence-corrected chi connectivity index (χ1v) is 9.34. The highest BCUT2D eigenvalue weighted by molar-refractivity contribution is 5.13. The molecule has 1 aromatic carbocycles. The van der Waals surface area contributed by atoms with Crippen molar-refractivity contribution in [3.05, 3.63) is 35.9 Å². The van der Waals surface area contributed by atoms with Gasteiger partial charge in [-0.05, 0) is 18.9 Å². The van der Waals surface area contributed by atoms with Crippen LogP contribution in [0.5, 0.6) is 0 Å². The fourth-order valence-electron chi connectivity index (χ4n) is 3.68. The van der Waals surface area contributed by atoms with E-state index in [1.807, 2.05) is 25.1 Å². The third-order valence-corrected chi connectivity index (χ3v) is 4.91. The molecule has 2 fully saturated rings. The number of benzene rings is 1. The van der Waals surface area contributed by atoms with Crippen molar-refractivity contribution in [3.8, 4) is 0 Å². The van der Waals surface area contributed by atoms with Gasteiger partial charge in [0.2, 0.25) is 0 Å². The predicted molar refractivity (Wildman–Crippen MR) is 92.5 cm³/mol. The zero-order chi connectivity index (χ0) is 17.0. The number of hydrogen-bond donors (Lipinski definition) is 0. The van der Waals surface area contributed by atoms with Crippen LogP contribution in [0.1, 0.15) is 58.4 Å². The van der Waals surface area contributed by atoms with Crippen LogP contribution in [-0.4, -0.2) is 30.4 Å². The van der Waals surface area contributed by atoms with Gasteiger partial charge in [0, 0.05) is 12.8 Å². The van der Waals surface area contributed by atoms with E-state index < -0.39 is 5.79 Å². The number of hydrogen-bond acceptors (Lipinski definition) is 4. The Balaban J connectivity index is 1.64. The summed E-state index contributed by atoms with van der Waals surface area (Å²) in [5, 5.41) is 0. The SMILES string of the molecule is CCCCC1(CCC)O[C@H]2O[C@H](C)[C@H](OCc3ccccc3)[C@H]2O1. The van der Waals surface area contributed by atoms with Gasteiger partial charge in [-0.1, -0.05) is 57.0 Å². The molecule has 4 heteroatoms. The van der Waals surface area contributed by atoms with Crippen molar-refractivity contribution in [2.75, 3.05) is 0 Å². The van der Waals surface area contributed by atoms with E-state index in [4.69, 9.17) is 18.9 Å². The third kappa shape index (κ3) is 3.83. The first-order valence-electron chi connectivity index (χ1n) is 9.34. The van der Waals surface area contributed by atoms with Crippen LogP contribution in [0.3, 0.4) is 0 Å². The molecule has 24 heavy (non-hydrogen) atoms. The quantitative estimate of drug-likeness (QED) is 0.705. The average molecular weight is 334 g/mol. The Morgan fingerprint density at radius 3 is 2.54 bits per heavy atom. The highest BCUT2D eigenvalue weighted by atomic mass is 16.8. The highest BCUT2D eigenvalue weighted by Crippen LogP contribution is 2.43. The molecule has 1 aromatic rings. The van der Waals surface area contributed by atoms with Crippen LogP contribution in [0.15, 0.2) is 30.3 Å². The summed E-state index contributed by atoms with van der Waals surface area (Å²) in [5.74, 6) is -0.491. The molecule has 2 aliphatic rings. The first-order chi connectivity index (χ1) is 11.7. The van der Waals surface area contributed by atoms with Crippen LogP contribution in [0, 0.1) is 0 Å². The molecule has 0 radical (unpaired) electrons. The van der Waals surface area contributed by atoms with Crippen LogP contribution < -0.4 is 0 Å². The molecule has 0 saturated carbocycles. The summed E-state index contributed by atoms with van der Waals surface area (Å²) < 4.78 is 24.8. The van der Waals surface area contributed by atoms with Crippen LogP contribution in [0.25, 0.3) is 0 Å². The molecule has 0 aliphatic carbocycles. The van der Waals surface area contributed by atoms with Crippen molar-refractivity contribution in [2.45, 2.75) is 89.9 Å². The monoisotopic (exact) mass is 334 g/mol. The summed E-state index contributed by atoms with van der Waals surface area (Å²) in [5.41, 5.74) is 1.16.